The molecule has 0 aliphatic heterocycles. The van der Waals surface area contributed by atoms with Crippen LogP contribution in [0.3, 0.4) is 0 Å². The van der Waals surface area contributed by atoms with E-state index in [0.717, 1.165) is 24.3 Å². The number of amides is 2. The maximum absolute atomic E-state index is 11.7. The molecule has 0 saturated heterocycles. The van der Waals surface area contributed by atoms with Crippen molar-refractivity contribution in [1.82, 2.24) is 21.0 Å². The van der Waals surface area contributed by atoms with Crippen molar-refractivity contribution in [1.29, 1.82) is 0 Å². The van der Waals surface area contributed by atoms with Gasteiger partial charge in [-0.05, 0) is 37.4 Å². The molecule has 0 radical (unpaired) electrons. The number of hydrogen-bond acceptors (Lipinski definition) is 6. The van der Waals surface area contributed by atoms with E-state index in [1.54, 1.807) is 0 Å². The predicted molar refractivity (Wildman–Crippen MR) is 87.0 cm³/mol. The van der Waals surface area contributed by atoms with Gasteiger partial charge in [0.15, 0.2) is 5.11 Å². The summed E-state index contributed by atoms with van der Waals surface area (Å²) in [6, 6.07) is 0. The van der Waals surface area contributed by atoms with Crippen molar-refractivity contribution in [3.63, 3.8) is 0 Å². The van der Waals surface area contributed by atoms with Crippen LogP contribution < -0.4 is 21.9 Å². The van der Waals surface area contributed by atoms with Crippen LogP contribution in [0.4, 0.5) is 5.13 Å². The third kappa shape index (κ3) is 4.88. The van der Waals surface area contributed by atoms with Crippen molar-refractivity contribution in [2.45, 2.75) is 38.5 Å². The van der Waals surface area contributed by atoms with Crippen molar-refractivity contribution >= 4 is 45.6 Å². The van der Waals surface area contributed by atoms with Gasteiger partial charge in [0.05, 0.1) is 0 Å². The van der Waals surface area contributed by atoms with E-state index in [0.29, 0.717) is 23.4 Å². The van der Waals surface area contributed by atoms with Crippen molar-refractivity contribution in [3.05, 3.63) is 5.01 Å². The van der Waals surface area contributed by atoms with Crippen molar-refractivity contribution < 1.29 is 9.59 Å². The lowest BCUT2D eigenvalue weighted by Crippen LogP contribution is -2.44. The van der Waals surface area contributed by atoms with Crippen LogP contribution in [0.1, 0.15) is 43.5 Å². The summed E-state index contributed by atoms with van der Waals surface area (Å²) in [6.07, 6.45) is 3.23. The average Bonchev–Trinajstić information content (AvgIpc) is 3.05. The number of aromatic nitrogens is 2. The van der Waals surface area contributed by atoms with Crippen LogP contribution in [-0.2, 0) is 9.59 Å². The van der Waals surface area contributed by atoms with Gasteiger partial charge in [0.1, 0.15) is 5.01 Å². The van der Waals surface area contributed by atoms with Gasteiger partial charge in [0, 0.05) is 19.3 Å². The Kier molecular flexibility index (Phi) is 5.61. The molecule has 2 rings (SSSR count). The number of hydrazine groups is 1. The molecule has 1 aliphatic carbocycles. The SMILES string of the molecule is CC(=O)Nc1nnc(C2CCC(CC(=O)NNC(N)=S)C2)s1. The minimum atomic E-state index is -0.158. The molecule has 2 unspecified atom stereocenters. The Morgan fingerprint density at radius 1 is 1.36 bits per heavy atom. The molecule has 22 heavy (non-hydrogen) atoms. The van der Waals surface area contributed by atoms with Crippen molar-refractivity contribution in [3.8, 4) is 0 Å². The van der Waals surface area contributed by atoms with Crippen LogP contribution in [0.15, 0.2) is 0 Å². The molecule has 1 heterocycles. The summed E-state index contributed by atoms with van der Waals surface area (Å²) in [5.41, 5.74) is 10.1. The number of carbonyl (C=O) groups is 2. The second-order valence-electron chi connectivity index (χ2n) is 5.24. The summed E-state index contributed by atoms with van der Waals surface area (Å²) in [7, 11) is 0. The Hall–Kier alpha value is -1.81. The Morgan fingerprint density at radius 3 is 2.82 bits per heavy atom. The number of nitrogens with zero attached hydrogens (tertiary/aromatic N) is 2. The molecule has 1 aromatic rings. The number of carbonyl (C=O) groups excluding carboxylic acids is 2. The molecule has 0 bridgehead atoms. The van der Waals surface area contributed by atoms with Crippen molar-refractivity contribution in [2.24, 2.45) is 11.7 Å². The second-order valence-corrected chi connectivity index (χ2v) is 6.69. The Morgan fingerprint density at radius 2 is 2.14 bits per heavy atom. The predicted octanol–water partition coefficient (Wildman–Crippen LogP) is 0.635. The summed E-state index contributed by atoms with van der Waals surface area (Å²) in [6.45, 7) is 1.44. The normalized spacial score (nSPS) is 20.4. The largest absolute Gasteiger partial charge is 0.375 e. The molecule has 5 N–H and O–H groups in total. The number of rotatable bonds is 4. The fourth-order valence-corrected chi connectivity index (χ4v) is 3.52. The average molecular weight is 342 g/mol. The highest BCUT2D eigenvalue weighted by Gasteiger charge is 2.30. The molecule has 8 nitrogen and oxygen atoms in total. The third-order valence-corrected chi connectivity index (χ3v) is 4.52. The fourth-order valence-electron chi connectivity index (χ4n) is 2.53. The van der Waals surface area contributed by atoms with E-state index in [9.17, 15) is 9.59 Å². The zero-order valence-electron chi connectivity index (χ0n) is 12.1. The zero-order valence-corrected chi connectivity index (χ0v) is 13.7. The second kappa shape index (κ2) is 7.45. The first-order chi connectivity index (χ1) is 10.4. The number of nitrogens with two attached hydrogens (primary N) is 1. The monoisotopic (exact) mass is 342 g/mol. The minimum absolute atomic E-state index is 0.0389. The minimum Gasteiger partial charge on any atom is -0.375 e. The summed E-state index contributed by atoms with van der Waals surface area (Å²) in [5.74, 6) is 0.302. The van der Waals surface area contributed by atoms with E-state index in [-0.39, 0.29) is 16.9 Å². The molecule has 0 aromatic carbocycles. The molecule has 1 saturated carbocycles. The van der Waals surface area contributed by atoms with Crippen molar-refractivity contribution in [2.75, 3.05) is 5.32 Å². The summed E-state index contributed by atoms with van der Waals surface area (Å²) >= 11 is 6.01. The van der Waals surface area contributed by atoms with Gasteiger partial charge in [0.2, 0.25) is 16.9 Å². The number of hydrogen-bond donors (Lipinski definition) is 4. The van der Waals surface area contributed by atoms with Crippen LogP contribution in [0.25, 0.3) is 0 Å². The van der Waals surface area contributed by atoms with Gasteiger partial charge in [-0.25, -0.2) is 0 Å². The molecule has 120 valence electrons. The summed E-state index contributed by atoms with van der Waals surface area (Å²) < 4.78 is 0. The van der Waals surface area contributed by atoms with E-state index >= 15 is 0 Å². The number of anilines is 1. The lowest BCUT2D eigenvalue weighted by molar-refractivity contribution is -0.122. The summed E-state index contributed by atoms with van der Waals surface area (Å²) in [5, 5.41) is 12.2. The Balaban J connectivity index is 1.82. The number of thiocarbonyl (C=S) groups is 1. The quantitative estimate of drug-likeness (QED) is 0.468. The first-order valence-electron chi connectivity index (χ1n) is 6.89. The first-order valence-corrected chi connectivity index (χ1v) is 8.11. The lowest BCUT2D eigenvalue weighted by Gasteiger charge is -2.10. The molecule has 1 aromatic heterocycles. The number of nitrogens with one attached hydrogen (secondary N) is 3. The first kappa shape index (κ1) is 16.6. The topological polar surface area (TPSA) is 122 Å². The van der Waals surface area contributed by atoms with Crippen LogP contribution in [0, 0.1) is 5.92 Å². The molecular formula is C12H18N6O2S2. The van der Waals surface area contributed by atoms with E-state index in [1.807, 2.05) is 0 Å². The van der Waals surface area contributed by atoms with E-state index < -0.39 is 0 Å². The lowest BCUT2D eigenvalue weighted by atomic mass is 10.0. The highest BCUT2D eigenvalue weighted by Crippen LogP contribution is 2.41. The van der Waals surface area contributed by atoms with Crippen LogP contribution in [0.5, 0.6) is 0 Å². The van der Waals surface area contributed by atoms with Gasteiger partial charge < -0.3 is 11.1 Å². The van der Waals surface area contributed by atoms with Gasteiger partial charge in [0.25, 0.3) is 0 Å². The van der Waals surface area contributed by atoms with E-state index in [2.05, 4.69) is 38.6 Å². The summed E-state index contributed by atoms with van der Waals surface area (Å²) in [4.78, 5) is 22.7. The van der Waals surface area contributed by atoms with Gasteiger partial charge in [-0.3, -0.25) is 20.4 Å². The molecule has 10 heteroatoms. The van der Waals surface area contributed by atoms with Crippen LogP contribution in [0.2, 0.25) is 0 Å². The van der Waals surface area contributed by atoms with Gasteiger partial charge in [-0.2, -0.15) is 0 Å². The maximum Gasteiger partial charge on any atom is 0.238 e. The zero-order chi connectivity index (χ0) is 16.1. The van der Waals surface area contributed by atoms with Gasteiger partial charge >= 0.3 is 0 Å². The molecule has 1 aliphatic rings. The highest BCUT2D eigenvalue weighted by molar-refractivity contribution is 7.80. The van der Waals surface area contributed by atoms with E-state index in [4.69, 9.17) is 5.73 Å². The molecular weight excluding hydrogens is 324 g/mol. The Bertz CT molecular complexity index is 576. The molecule has 0 spiro atoms. The van der Waals surface area contributed by atoms with Gasteiger partial charge in [-0.1, -0.05) is 11.3 Å². The highest BCUT2D eigenvalue weighted by atomic mass is 32.1. The maximum atomic E-state index is 11.7. The Labute approximate surface area is 137 Å². The smallest absolute Gasteiger partial charge is 0.238 e. The molecule has 2 atom stereocenters. The van der Waals surface area contributed by atoms with Gasteiger partial charge in [-0.15, -0.1) is 10.2 Å². The molecule has 1 fully saturated rings. The van der Waals surface area contributed by atoms with Crippen LogP contribution in [-0.4, -0.2) is 27.1 Å². The van der Waals surface area contributed by atoms with E-state index in [1.165, 1.54) is 18.3 Å². The third-order valence-electron chi connectivity index (χ3n) is 3.41. The fraction of sp³-hybridized carbons (Fsp3) is 0.583. The standard InChI is InChI=1S/C12H18N6O2S2/c1-6(19)14-12-18-16-10(22-12)8-3-2-7(4-8)5-9(20)15-17-11(13)21/h7-8H,2-5H2,1H3,(H,15,20)(H3,13,17,21)(H,14,18,19). The molecule has 2 amide bonds. The van der Waals surface area contributed by atoms with Crippen LogP contribution >= 0.6 is 23.6 Å².